The second kappa shape index (κ2) is 5.86. The van der Waals surface area contributed by atoms with Crippen molar-refractivity contribution in [2.24, 2.45) is 0 Å². The fraction of sp³-hybridized carbons (Fsp3) is 0.538. The topological polar surface area (TPSA) is 76.1 Å². The predicted molar refractivity (Wildman–Crippen MR) is 74.0 cm³/mol. The van der Waals surface area contributed by atoms with Crippen LogP contribution in [0.1, 0.15) is 30.5 Å². The van der Waals surface area contributed by atoms with E-state index in [9.17, 15) is 26.4 Å². The molecule has 1 aromatic rings. The fourth-order valence-corrected chi connectivity index (χ4v) is 4.28. The number of aryl methyl sites for hydroxylation is 1. The van der Waals surface area contributed by atoms with Gasteiger partial charge in [0.25, 0.3) is 0 Å². The van der Waals surface area contributed by atoms with E-state index in [1.165, 1.54) is 6.92 Å². The van der Waals surface area contributed by atoms with Crippen molar-refractivity contribution >= 4 is 21.4 Å². The molecule has 1 aromatic heterocycles. The van der Waals surface area contributed by atoms with E-state index in [1.807, 2.05) is 0 Å². The molecule has 1 aliphatic heterocycles. The van der Waals surface area contributed by atoms with Crippen molar-refractivity contribution in [1.29, 1.82) is 0 Å². The van der Waals surface area contributed by atoms with Gasteiger partial charge in [-0.15, -0.1) is 0 Å². The molecule has 9 heteroatoms. The van der Waals surface area contributed by atoms with Crippen molar-refractivity contribution in [3.63, 3.8) is 0 Å². The smallest absolute Gasteiger partial charge is 0.325 e. The Morgan fingerprint density at radius 3 is 2.64 bits per heavy atom. The second-order valence-corrected chi connectivity index (χ2v) is 7.67. The molecule has 122 valence electrons. The summed E-state index contributed by atoms with van der Waals surface area (Å²) in [5, 5.41) is 1.68. The van der Waals surface area contributed by atoms with Crippen molar-refractivity contribution < 1.29 is 26.4 Å². The average Bonchev–Trinajstić information content (AvgIpc) is 2.67. The Balaban J connectivity index is 2.05. The van der Waals surface area contributed by atoms with Crippen LogP contribution < -0.4 is 5.32 Å². The zero-order valence-corrected chi connectivity index (χ0v) is 12.6. The van der Waals surface area contributed by atoms with Gasteiger partial charge in [-0.05, 0) is 31.4 Å². The van der Waals surface area contributed by atoms with E-state index < -0.39 is 32.9 Å². The van der Waals surface area contributed by atoms with Gasteiger partial charge >= 0.3 is 6.18 Å². The lowest BCUT2D eigenvalue weighted by atomic mass is 10.2. The van der Waals surface area contributed by atoms with Gasteiger partial charge in [0.1, 0.15) is 5.69 Å². The number of sulfone groups is 1. The molecule has 0 radical (unpaired) electrons. The molecule has 1 N–H and O–H groups in total. The highest BCUT2D eigenvalue weighted by molar-refractivity contribution is 7.92. The maximum Gasteiger partial charge on any atom is 0.433 e. The van der Waals surface area contributed by atoms with Gasteiger partial charge < -0.3 is 5.32 Å². The van der Waals surface area contributed by atoms with Gasteiger partial charge in [-0.3, -0.25) is 4.79 Å². The van der Waals surface area contributed by atoms with E-state index >= 15 is 0 Å². The van der Waals surface area contributed by atoms with Crippen LogP contribution in [0.2, 0.25) is 0 Å². The lowest BCUT2D eigenvalue weighted by Gasteiger charge is -2.12. The van der Waals surface area contributed by atoms with Crippen molar-refractivity contribution in [2.75, 3.05) is 11.1 Å². The Hall–Kier alpha value is -1.64. The number of rotatable bonds is 3. The molecule has 1 aliphatic rings. The van der Waals surface area contributed by atoms with Crippen LogP contribution in [0, 0.1) is 6.92 Å². The quantitative estimate of drug-likeness (QED) is 0.919. The number of pyridine rings is 1. The Morgan fingerprint density at radius 2 is 2.14 bits per heavy atom. The van der Waals surface area contributed by atoms with Crippen molar-refractivity contribution in [1.82, 2.24) is 4.98 Å². The minimum atomic E-state index is -4.55. The molecule has 0 saturated carbocycles. The summed E-state index contributed by atoms with van der Waals surface area (Å²) in [6, 6.07) is 1.16. The lowest BCUT2D eigenvalue weighted by molar-refractivity contribution is -0.141. The summed E-state index contributed by atoms with van der Waals surface area (Å²) < 4.78 is 61.0. The maximum atomic E-state index is 12.6. The Kier molecular flexibility index (Phi) is 4.46. The highest BCUT2D eigenvalue weighted by atomic mass is 32.2. The minimum Gasteiger partial charge on any atom is -0.325 e. The van der Waals surface area contributed by atoms with E-state index in [0.29, 0.717) is 12.8 Å². The Bertz CT molecular complexity index is 686. The normalized spacial score (nSPS) is 20.8. The minimum absolute atomic E-state index is 0.0753. The van der Waals surface area contributed by atoms with E-state index in [0.717, 1.165) is 12.3 Å². The summed E-state index contributed by atoms with van der Waals surface area (Å²) >= 11 is 0. The number of hydrogen-bond donors (Lipinski definition) is 1. The summed E-state index contributed by atoms with van der Waals surface area (Å²) in [5.41, 5.74) is -1.01. The SMILES string of the molecule is Cc1cc(NC(=O)CC2CCCS2(=O)=O)cnc1C(F)(F)F. The number of amides is 1. The highest BCUT2D eigenvalue weighted by Crippen LogP contribution is 2.31. The lowest BCUT2D eigenvalue weighted by Crippen LogP contribution is -2.24. The van der Waals surface area contributed by atoms with Gasteiger partial charge in [0, 0.05) is 6.42 Å². The summed E-state index contributed by atoms with van der Waals surface area (Å²) in [7, 11) is -3.23. The van der Waals surface area contributed by atoms with Gasteiger partial charge in [-0.1, -0.05) is 0 Å². The number of halogens is 3. The van der Waals surface area contributed by atoms with E-state index in [1.54, 1.807) is 0 Å². The van der Waals surface area contributed by atoms with Crippen LogP contribution in [0.15, 0.2) is 12.3 Å². The summed E-state index contributed by atoms with van der Waals surface area (Å²) in [5.74, 6) is -0.470. The van der Waals surface area contributed by atoms with Gasteiger partial charge in [-0.2, -0.15) is 13.2 Å². The second-order valence-electron chi connectivity index (χ2n) is 5.27. The van der Waals surface area contributed by atoms with Crippen molar-refractivity contribution in [2.45, 2.75) is 37.6 Å². The van der Waals surface area contributed by atoms with Crippen LogP contribution >= 0.6 is 0 Å². The highest BCUT2D eigenvalue weighted by Gasteiger charge is 2.35. The molecule has 0 bridgehead atoms. The van der Waals surface area contributed by atoms with Gasteiger partial charge in [0.15, 0.2) is 9.84 Å². The first-order valence-electron chi connectivity index (χ1n) is 6.65. The molecular weight excluding hydrogens is 321 g/mol. The first-order chi connectivity index (χ1) is 10.1. The summed E-state index contributed by atoms with van der Waals surface area (Å²) in [6.07, 6.45) is -2.87. The van der Waals surface area contributed by atoms with E-state index in [2.05, 4.69) is 10.3 Å². The average molecular weight is 336 g/mol. The van der Waals surface area contributed by atoms with Gasteiger partial charge in [-0.25, -0.2) is 13.4 Å². The number of nitrogens with zero attached hydrogens (tertiary/aromatic N) is 1. The monoisotopic (exact) mass is 336 g/mol. The molecule has 2 rings (SSSR count). The number of aromatic nitrogens is 1. The number of anilines is 1. The van der Waals surface area contributed by atoms with Crippen LogP contribution in [0.25, 0.3) is 0 Å². The Morgan fingerprint density at radius 1 is 1.45 bits per heavy atom. The molecule has 1 saturated heterocycles. The van der Waals surface area contributed by atoms with Gasteiger partial charge in [0.2, 0.25) is 5.91 Å². The molecule has 5 nitrogen and oxygen atoms in total. The summed E-state index contributed by atoms with van der Waals surface area (Å²) in [6.45, 7) is 1.24. The first kappa shape index (κ1) is 16.7. The third kappa shape index (κ3) is 3.76. The van der Waals surface area contributed by atoms with Crippen molar-refractivity contribution in [3.8, 4) is 0 Å². The molecule has 1 atom stereocenters. The zero-order valence-electron chi connectivity index (χ0n) is 11.8. The largest absolute Gasteiger partial charge is 0.433 e. The molecule has 0 aliphatic carbocycles. The molecule has 1 amide bonds. The van der Waals surface area contributed by atoms with Gasteiger partial charge in [0.05, 0.1) is 22.9 Å². The number of hydrogen-bond acceptors (Lipinski definition) is 4. The molecule has 0 spiro atoms. The first-order valence-corrected chi connectivity index (χ1v) is 8.36. The van der Waals surface area contributed by atoms with Crippen LogP contribution in [0.3, 0.4) is 0 Å². The van der Waals surface area contributed by atoms with Crippen LogP contribution in [-0.2, 0) is 20.8 Å². The number of carbonyl (C=O) groups excluding carboxylic acids is 1. The molecular formula is C13H15F3N2O3S. The van der Waals surface area contributed by atoms with E-state index in [4.69, 9.17) is 0 Å². The fourth-order valence-electron chi connectivity index (χ4n) is 2.45. The Labute approximate surface area is 125 Å². The number of carbonyl (C=O) groups is 1. The number of nitrogens with one attached hydrogen (secondary N) is 1. The standard InChI is InChI=1S/C13H15F3N2O3S/c1-8-5-9(7-17-12(8)13(14,15)16)18-11(19)6-10-3-2-4-22(10,20)21/h5,7,10H,2-4,6H2,1H3,(H,18,19). The van der Waals surface area contributed by atoms with Crippen LogP contribution in [0.5, 0.6) is 0 Å². The molecule has 1 unspecified atom stereocenters. The molecule has 0 aromatic carbocycles. The summed E-state index contributed by atoms with van der Waals surface area (Å²) in [4.78, 5) is 15.1. The van der Waals surface area contributed by atoms with Crippen LogP contribution in [-0.4, -0.2) is 30.3 Å². The predicted octanol–water partition coefficient (Wildman–Crippen LogP) is 2.31. The van der Waals surface area contributed by atoms with Crippen LogP contribution in [0.4, 0.5) is 18.9 Å². The van der Waals surface area contributed by atoms with Crippen molar-refractivity contribution in [3.05, 3.63) is 23.5 Å². The molecule has 1 fully saturated rings. The number of alkyl halides is 3. The molecule has 22 heavy (non-hydrogen) atoms. The van der Waals surface area contributed by atoms with E-state index in [-0.39, 0.29) is 23.4 Å². The maximum absolute atomic E-state index is 12.6. The zero-order chi connectivity index (χ0) is 16.5. The third-order valence-electron chi connectivity index (χ3n) is 3.51. The molecule has 2 heterocycles. The third-order valence-corrected chi connectivity index (χ3v) is 5.78.